The van der Waals surface area contributed by atoms with Crippen molar-refractivity contribution < 1.29 is 22.7 Å². The Morgan fingerprint density at radius 3 is 2.45 bits per heavy atom. The van der Waals surface area contributed by atoms with Gasteiger partial charge in [0, 0.05) is 12.1 Å². The van der Waals surface area contributed by atoms with E-state index < -0.39 is 18.0 Å². The molecule has 0 spiro atoms. The number of benzene rings is 1. The van der Waals surface area contributed by atoms with E-state index in [0.717, 1.165) is 0 Å². The third-order valence-electron chi connectivity index (χ3n) is 2.36. The molecule has 112 valence electrons. The third kappa shape index (κ3) is 6.65. The van der Waals surface area contributed by atoms with Crippen LogP contribution in [0.5, 0.6) is 5.75 Å². The molecular formula is C13H15ClF3NO2. The zero-order valence-corrected chi connectivity index (χ0v) is 11.6. The largest absolute Gasteiger partial charge is 0.494 e. The zero-order chi connectivity index (χ0) is 15.2. The molecule has 0 saturated heterocycles. The van der Waals surface area contributed by atoms with Crippen molar-refractivity contribution in [2.24, 2.45) is 0 Å². The van der Waals surface area contributed by atoms with Gasteiger partial charge in [-0.25, -0.2) is 0 Å². The minimum atomic E-state index is -4.16. The number of ether oxygens (including phenoxy) is 1. The number of amides is 1. The van der Waals surface area contributed by atoms with E-state index in [1.807, 2.05) is 0 Å². The molecule has 1 amide bonds. The molecule has 1 rings (SSSR count). The summed E-state index contributed by atoms with van der Waals surface area (Å²) < 4.78 is 40.9. The summed E-state index contributed by atoms with van der Waals surface area (Å²) in [6, 6.07) is 6.33. The number of alkyl halides is 4. The highest BCUT2D eigenvalue weighted by molar-refractivity contribution is 6.32. The number of nitrogens with one attached hydrogen (secondary N) is 1. The van der Waals surface area contributed by atoms with E-state index in [1.54, 1.807) is 31.2 Å². The van der Waals surface area contributed by atoms with Gasteiger partial charge < -0.3 is 10.1 Å². The maximum atomic E-state index is 11.9. The minimum absolute atomic E-state index is 0.00999. The first kappa shape index (κ1) is 16.6. The molecule has 0 aromatic heterocycles. The number of halogens is 4. The van der Waals surface area contributed by atoms with E-state index in [-0.39, 0.29) is 18.9 Å². The van der Waals surface area contributed by atoms with Crippen LogP contribution in [-0.4, -0.2) is 24.1 Å². The molecular weight excluding hydrogens is 295 g/mol. The maximum Gasteiger partial charge on any atom is 0.389 e. The average molecular weight is 310 g/mol. The molecule has 0 saturated carbocycles. The molecule has 1 aromatic rings. The third-order valence-corrected chi connectivity index (χ3v) is 2.55. The topological polar surface area (TPSA) is 38.3 Å². The first-order valence-electron chi connectivity index (χ1n) is 6.02. The number of hydrogen-bond donors (Lipinski definition) is 1. The van der Waals surface area contributed by atoms with E-state index in [9.17, 15) is 18.0 Å². The second-order valence-corrected chi connectivity index (χ2v) is 4.85. The lowest BCUT2D eigenvalue weighted by atomic mass is 10.3. The summed E-state index contributed by atoms with van der Waals surface area (Å²) in [5.41, 5.74) is 0.546. The Morgan fingerprint density at radius 2 is 1.95 bits per heavy atom. The Kier molecular flexibility index (Phi) is 6.13. The van der Waals surface area contributed by atoms with Gasteiger partial charge in [0.15, 0.2) is 0 Å². The molecule has 0 aliphatic rings. The predicted octanol–water partition coefficient (Wildman–Crippen LogP) is 3.97. The Morgan fingerprint density at radius 1 is 1.35 bits per heavy atom. The number of carbonyl (C=O) groups is 1. The summed E-state index contributed by atoms with van der Waals surface area (Å²) in [7, 11) is 0. The molecule has 0 aliphatic carbocycles. The second-order valence-electron chi connectivity index (χ2n) is 4.20. The lowest BCUT2D eigenvalue weighted by Gasteiger charge is -2.10. The molecule has 7 heteroatoms. The van der Waals surface area contributed by atoms with Crippen molar-refractivity contribution in [2.45, 2.75) is 31.3 Å². The van der Waals surface area contributed by atoms with Crippen molar-refractivity contribution in [2.75, 3.05) is 11.9 Å². The van der Waals surface area contributed by atoms with Crippen LogP contribution in [0.1, 0.15) is 19.8 Å². The first-order valence-corrected chi connectivity index (χ1v) is 6.46. The standard InChI is InChI=1S/C13H15ClF3NO2/c1-9(14)12(19)18-10-3-5-11(6-4-10)20-8-2-7-13(15,16)17/h3-6,9H,2,7-8H2,1H3,(H,18,19)/t9-/m1/s1. The minimum Gasteiger partial charge on any atom is -0.494 e. The van der Waals surface area contributed by atoms with Gasteiger partial charge >= 0.3 is 6.18 Å². The molecule has 1 aromatic carbocycles. The van der Waals surface area contributed by atoms with Gasteiger partial charge in [-0.1, -0.05) is 0 Å². The first-order chi connectivity index (χ1) is 9.28. The van der Waals surface area contributed by atoms with E-state index in [1.165, 1.54) is 0 Å². The van der Waals surface area contributed by atoms with Gasteiger partial charge in [0.25, 0.3) is 0 Å². The summed E-state index contributed by atoms with van der Waals surface area (Å²) in [6.45, 7) is 1.54. The van der Waals surface area contributed by atoms with Crippen LogP contribution in [0.4, 0.5) is 18.9 Å². The molecule has 0 bridgehead atoms. The van der Waals surface area contributed by atoms with Gasteiger partial charge in [-0.15, -0.1) is 11.6 Å². The Balaban J connectivity index is 2.37. The van der Waals surface area contributed by atoms with Crippen LogP contribution in [-0.2, 0) is 4.79 Å². The van der Waals surface area contributed by atoms with Crippen molar-refractivity contribution in [1.82, 2.24) is 0 Å². The average Bonchev–Trinajstić information content (AvgIpc) is 2.35. The van der Waals surface area contributed by atoms with Gasteiger partial charge in [0.05, 0.1) is 6.61 Å². The Labute approximate surface area is 120 Å². The van der Waals surface area contributed by atoms with Crippen LogP contribution >= 0.6 is 11.6 Å². The molecule has 1 N–H and O–H groups in total. The maximum absolute atomic E-state index is 11.9. The molecule has 0 aliphatic heterocycles. The molecule has 0 radical (unpaired) electrons. The molecule has 0 heterocycles. The van der Waals surface area contributed by atoms with E-state index in [2.05, 4.69) is 5.32 Å². The fraction of sp³-hybridized carbons (Fsp3) is 0.462. The highest BCUT2D eigenvalue weighted by Gasteiger charge is 2.26. The molecule has 20 heavy (non-hydrogen) atoms. The van der Waals surface area contributed by atoms with Crippen molar-refractivity contribution in [1.29, 1.82) is 0 Å². The van der Waals surface area contributed by atoms with Crippen LogP contribution in [0.15, 0.2) is 24.3 Å². The Bertz CT molecular complexity index is 432. The van der Waals surface area contributed by atoms with Crippen molar-refractivity contribution in [3.8, 4) is 5.75 Å². The fourth-order valence-corrected chi connectivity index (χ4v) is 1.39. The summed E-state index contributed by atoms with van der Waals surface area (Å²) >= 11 is 5.60. The quantitative estimate of drug-likeness (QED) is 0.638. The predicted molar refractivity (Wildman–Crippen MR) is 71.2 cm³/mol. The number of hydrogen-bond acceptors (Lipinski definition) is 2. The lowest BCUT2D eigenvalue weighted by Crippen LogP contribution is -2.20. The highest BCUT2D eigenvalue weighted by atomic mass is 35.5. The molecule has 0 unspecified atom stereocenters. The van der Waals surface area contributed by atoms with E-state index in [4.69, 9.17) is 16.3 Å². The van der Waals surface area contributed by atoms with Crippen LogP contribution in [0.3, 0.4) is 0 Å². The van der Waals surface area contributed by atoms with E-state index in [0.29, 0.717) is 11.4 Å². The normalized spacial score (nSPS) is 12.8. The molecule has 0 fully saturated rings. The van der Waals surface area contributed by atoms with Crippen molar-refractivity contribution in [3.63, 3.8) is 0 Å². The number of rotatable bonds is 6. The van der Waals surface area contributed by atoms with Crippen molar-refractivity contribution >= 4 is 23.2 Å². The van der Waals surface area contributed by atoms with Gasteiger partial charge in [-0.3, -0.25) is 4.79 Å². The van der Waals surface area contributed by atoms with E-state index >= 15 is 0 Å². The van der Waals surface area contributed by atoms with Crippen molar-refractivity contribution in [3.05, 3.63) is 24.3 Å². The van der Waals surface area contributed by atoms with Crippen LogP contribution in [0.2, 0.25) is 0 Å². The second kappa shape index (κ2) is 7.38. The SMILES string of the molecule is C[C@@H](Cl)C(=O)Nc1ccc(OCCCC(F)(F)F)cc1. The van der Waals surface area contributed by atoms with Crippen LogP contribution < -0.4 is 10.1 Å². The highest BCUT2D eigenvalue weighted by Crippen LogP contribution is 2.22. The Hall–Kier alpha value is -1.43. The zero-order valence-electron chi connectivity index (χ0n) is 10.8. The van der Waals surface area contributed by atoms with Gasteiger partial charge in [-0.2, -0.15) is 13.2 Å². The van der Waals surface area contributed by atoms with Gasteiger partial charge in [0.1, 0.15) is 11.1 Å². The number of carbonyl (C=O) groups excluding carboxylic acids is 1. The van der Waals surface area contributed by atoms with Crippen LogP contribution in [0.25, 0.3) is 0 Å². The molecule has 1 atom stereocenters. The van der Waals surface area contributed by atoms with Gasteiger partial charge in [-0.05, 0) is 37.6 Å². The summed E-state index contributed by atoms with van der Waals surface area (Å²) in [6.07, 6.45) is -5.11. The summed E-state index contributed by atoms with van der Waals surface area (Å²) in [4.78, 5) is 11.3. The monoisotopic (exact) mass is 309 g/mol. The smallest absolute Gasteiger partial charge is 0.389 e. The number of anilines is 1. The lowest BCUT2D eigenvalue weighted by molar-refractivity contribution is -0.136. The summed E-state index contributed by atoms with van der Waals surface area (Å²) in [5, 5.41) is 1.94. The van der Waals surface area contributed by atoms with Gasteiger partial charge in [0.2, 0.25) is 5.91 Å². The van der Waals surface area contributed by atoms with Crippen LogP contribution in [0, 0.1) is 0 Å². The summed E-state index contributed by atoms with van der Waals surface area (Å²) in [5.74, 6) is 0.120. The molecule has 3 nitrogen and oxygen atoms in total. The fourth-order valence-electron chi connectivity index (χ4n) is 1.34.